The Bertz CT molecular complexity index is 787. The summed E-state index contributed by atoms with van der Waals surface area (Å²) in [6.07, 6.45) is 1.44. The molecular weight excluding hydrogens is 303 g/mol. The second-order valence-electron chi connectivity index (χ2n) is 4.21. The Balaban J connectivity index is 2.32. The Hall–Kier alpha value is -2.33. The Morgan fingerprint density at radius 1 is 1.48 bits per heavy atom. The normalized spacial score (nSPS) is 11.5. The fourth-order valence-electron chi connectivity index (χ4n) is 1.66. The molecule has 8 nitrogen and oxygen atoms in total. The molecule has 2 rings (SSSR count). The zero-order chi connectivity index (χ0) is 15.6. The lowest BCUT2D eigenvalue weighted by Crippen LogP contribution is -2.24. The smallest absolute Gasteiger partial charge is 0.283 e. The summed E-state index contributed by atoms with van der Waals surface area (Å²) in [5.41, 5.74) is 0.459. The van der Waals surface area contributed by atoms with Gasteiger partial charge in [-0.05, 0) is 19.1 Å². The first-order valence-corrected chi connectivity index (χ1v) is 7.22. The molecule has 112 valence electrons. The molecule has 0 aliphatic carbocycles. The van der Waals surface area contributed by atoms with Gasteiger partial charge in [0.05, 0.1) is 17.2 Å². The van der Waals surface area contributed by atoms with E-state index >= 15 is 0 Å². The van der Waals surface area contributed by atoms with Gasteiger partial charge >= 0.3 is 0 Å². The zero-order valence-corrected chi connectivity index (χ0v) is 11.6. The van der Waals surface area contributed by atoms with Crippen molar-refractivity contribution in [2.45, 2.75) is 18.4 Å². The second kappa shape index (κ2) is 5.58. The fraction of sp³-hybridized carbons (Fsp3) is 0.182. The number of aryl methyl sites for hydroxylation is 1. The number of sulfonamides is 1. The number of nitrogens with zero attached hydrogens (tertiary/aromatic N) is 2. The molecule has 0 bridgehead atoms. The number of aromatic amines is 1. The molecule has 0 radical (unpaired) electrons. The summed E-state index contributed by atoms with van der Waals surface area (Å²) in [4.78, 5) is 9.31. The predicted molar refractivity (Wildman–Crippen MR) is 70.4 cm³/mol. The molecule has 0 saturated carbocycles. The molecule has 1 aromatic carbocycles. The van der Waals surface area contributed by atoms with Crippen molar-refractivity contribution in [2.75, 3.05) is 0 Å². The van der Waals surface area contributed by atoms with Crippen molar-refractivity contribution < 1.29 is 17.7 Å². The van der Waals surface area contributed by atoms with Crippen molar-refractivity contribution in [1.82, 2.24) is 14.9 Å². The summed E-state index contributed by atoms with van der Waals surface area (Å²) in [5.74, 6) is -0.883. The maximum Gasteiger partial charge on any atom is 0.292 e. The van der Waals surface area contributed by atoms with E-state index in [9.17, 15) is 22.9 Å². The van der Waals surface area contributed by atoms with Gasteiger partial charge in [-0.25, -0.2) is 17.5 Å². The van der Waals surface area contributed by atoms with E-state index in [1.54, 1.807) is 6.92 Å². The molecule has 0 unspecified atom stereocenters. The van der Waals surface area contributed by atoms with E-state index in [0.29, 0.717) is 17.3 Å². The first-order chi connectivity index (χ1) is 9.81. The van der Waals surface area contributed by atoms with Crippen LogP contribution in [0.4, 0.5) is 10.1 Å². The highest BCUT2D eigenvalue weighted by Crippen LogP contribution is 2.24. The summed E-state index contributed by atoms with van der Waals surface area (Å²) in [7, 11) is -4.15. The van der Waals surface area contributed by atoms with Crippen molar-refractivity contribution in [2.24, 2.45) is 0 Å². The van der Waals surface area contributed by atoms with E-state index in [1.165, 1.54) is 6.20 Å². The van der Waals surface area contributed by atoms with Gasteiger partial charge < -0.3 is 0 Å². The van der Waals surface area contributed by atoms with Crippen LogP contribution >= 0.6 is 0 Å². The average molecular weight is 314 g/mol. The third-order valence-electron chi connectivity index (χ3n) is 2.79. The van der Waals surface area contributed by atoms with E-state index in [0.717, 1.165) is 12.1 Å². The first kappa shape index (κ1) is 15.1. The van der Waals surface area contributed by atoms with Crippen molar-refractivity contribution >= 4 is 15.7 Å². The molecule has 0 fully saturated rings. The van der Waals surface area contributed by atoms with Crippen LogP contribution in [0.3, 0.4) is 0 Å². The van der Waals surface area contributed by atoms with Gasteiger partial charge in [0.2, 0.25) is 10.0 Å². The summed E-state index contributed by atoms with van der Waals surface area (Å²) in [5, 5.41) is 17.2. The SMILES string of the molecule is Cc1[nH]ncc1CNS(=O)(=O)c1ccc(F)cc1[N+](=O)[O-]. The van der Waals surface area contributed by atoms with E-state index in [-0.39, 0.29) is 6.54 Å². The maximum absolute atomic E-state index is 13.0. The van der Waals surface area contributed by atoms with Crippen molar-refractivity contribution in [3.63, 3.8) is 0 Å². The van der Waals surface area contributed by atoms with Crippen molar-refractivity contribution in [3.8, 4) is 0 Å². The molecule has 21 heavy (non-hydrogen) atoms. The Kier molecular flexibility index (Phi) is 4.00. The molecular formula is C11H11FN4O4S. The van der Waals surface area contributed by atoms with Crippen molar-refractivity contribution in [1.29, 1.82) is 0 Å². The molecule has 0 aliphatic heterocycles. The third kappa shape index (κ3) is 3.23. The second-order valence-corrected chi connectivity index (χ2v) is 5.95. The lowest BCUT2D eigenvalue weighted by molar-refractivity contribution is -0.388. The highest BCUT2D eigenvalue weighted by molar-refractivity contribution is 7.89. The van der Waals surface area contributed by atoms with Crippen molar-refractivity contribution in [3.05, 3.63) is 51.6 Å². The van der Waals surface area contributed by atoms with E-state index in [2.05, 4.69) is 14.9 Å². The predicted octanol–water partition coefficient (Wildman–Crippen LogP) is 1.24. The lowest BCUT2D eigenvalue weighted by atomic mass is 10.3. The average Bonchev–Trinajstić information content (AvgIpc) is 2.81. The topological polar surface area (TPSA) is 118 Å². The number of nitrogens with one attached hydrogen (secondary N) is 2. The van der Waals surface area contributed by atoms with Gasteiger partial charge in [-0.2, -0.15) is 5.10 Å². The van der Waals surface area contributed by atoms with Gasteiger partial charge in [-0.1, -0.05) is 0 Å². The summed E-state index contributed by atoms with van der Waals surface area (Å²) < 4.78 is 39.5. The molecule has 0 atom stereocenters. The highest BCUT2D eigenvalue weighted by Gasteiger charge is 2.26. The van der Waals surface area contributed by atoms with Crippen LogP contribution in [0.25, 0.3) is 0 Å². The highest BCUT2D eigenvalue weighted by atomic mass is 32.2. The molecule has 0 saturated heterocycles. The maximum atomic E-state index is 13.0. The number of nitro benzene ring substituents is 1. The Morgan fingerprint density at radius 2 is 2.19 bits per heavy atom. The van der Waals surface area contributed by atoms with Crippen LogP contribution in [0.2, 0.25) is 0 Å². The molecule has 1 aromatic heterocycles. The number of benzene rings is 1. The quantitative estimate of drug-likeness (QED) is 0.636. The molecule has 10 heteroatoms. The lowest BCUT2D eigenvalue weighted by Gasteiger charge is -2.07. The number of H-pyrrole nitrogens is 1. The van der Waals surface area contributed by atoms with Gasteiger partial charge in [-0.15, -0.1) is 0 Å². The number of nitro groups is 1. The number of halogens is 1. The number of aromatic nitrogens is 2. The minimum atomic E-state index is -4.15. The summed E-state index contributed by atoms with van der Waals surface area (Å²) in [6.45, 7) is 1.62. The number of rotatable bonds is 5. The standard InChI is InChI=1S/C11H11FN4O4S/c1-7-8(5-13-15-7)6-14-21(19,20)11-3-2-9(12)4-10(11)16(17)18/h2-5,14H,6H2,1H3,(H,13,15). The Morgan fingerprint density at radius 3 is 2.76 bits per heavy atom. The van der Waals surface area contributed by atoms with Gasteiger partial charge in [-0.3, -0.25) is 15.2 Å². The van der Waals surface area contributed by atoms with Gasteiger partial charge in [0, 0.05) is 17.8 Å². The molecule has 0 amide bonds. The fourth-order valence-corrected chi connectivity index (χ4v) is 2.82. The molecule has 2 aromatic rings. The van der Waals surface area contributed by atoms with E-state index < -0.39 is 31.3 Å². The molecule has 1 heterocycles. The minimum absolute atomic E-state index is 0.0841. The zero-order valence-electron chi connectivity index (χ0n) is 10.8. The number of hydrogen-bond acceptors (Lipinski definition) is 5. The number of hydrogen-bond donors (Lipinski definition) is 2. The minimum Gasteiger partial charge on any atom is -0.283 e. The third-order valence-corrected chi connectivity index (χ3v) is 4.24. The molecule has 0 aliphatic rings. The van der Waals surface area contributed by atoms with Gasteiger partial charge in [0.15, 0.2) is 4.90 Å². The molecule has 0 spiro atoms. The van der Waals surface area contributed by atoms with E-state index in [4.69, 9.17) is 0 Å². The van der Waals surface area contributed by atoms with Crippen LogP contribution < -0.4 is 4.72 Å². The van der Waals surface area contributed by atoms with Gasteiger partial charge in [0.25, 0.3) is 5.69 Å². The summed E-state index contributed by atoms with van der Waals surface area (Å²) >= 11 is 0. The first-order valence-electron chi connectivity index (χ1n) is 5.73. The van der Waals surface area contributed by atoms with Crippen LogP contribution in [0.5, 0.6) is 0 Å². The largest absolute Gasteiger partial charge is 0.292 e. The van der Waals surface area contributed by atoms with Crippen LogP contribution in [-0.4, -0.2) is 23.5 Å². The molecule has 2 N–H and O–H groups in total. The van der Waals surface area contributed by atoms with E-state index in [1.807, 2.05) is 0 Å². The Labute approximate surface area is 119 Å². The van der Waals surface area contributed by atoms with Crippen LogP contribution in [0.15, 0.2) is 29.3 Å². The van der Waals surface area contributed by atoms with Crippen LogP contribution in [-0.2, 0) is 16.6 Å². The summed E-state index contributed by atoms with van der Waals surface area (Å²) in [6, 6.07) is 2.28. The van der Waals surface area contributed by atoms with Crippen LogP contribution in [0, 0.1) is 22.9 Å². The van der Waals surface area contributed by atoms with Crippen LogP contribution in [0.1, 0.15) is 11.3 Å². The monoisotopic (exact) mass is 314 g/mol. The van der Waals surface area contributed by atoms with Gasteiger partial charge in [0.1, 0.15) is 5.82 Å².